The summed E-state index contributed by atoms with van der Waals surface area (Å²) < 4.78 is 18.2. The van der Waals surface area contributed by atoms with Gasteiger partial charge in [0.15, 0.2) is 11.5 Å². The van der Waals surface area contributed by atoms with E-state index in [4.69, 9.17) is 37.4 Å². The minimum atomic E-state index is -0.855. The van der Waals surface area contributed by atoms with Crippen LogP contribution in [0.2, 0.25) is 10.0 Å². The topological polar surface area (TPSA) is 94.2 Å². The van der Waals surface area contributed by atoms with E-state index in [2.05, 4.69) is 21.2 Å². The number of hydrogen-bond donors (Lipinski definition) is 1. The number of rotatable bonds is 10. The van der Waals surface area contributed by atoms with Crippen LogP contribution >= 0.6 is 39.1 Å². The second-order valence-corrected chi connectivity index (χ2v) is 11.2. The van der Waals surface area contributed by atoms with Gasteiger partial charge in [0.1, 0.15) is 24.5 Å². The second-order valence-electron chi connectivity index (χ2n) is 9.51. The first-order valence-corrected chi connectivity index (χ1v) is 15.0. The monoisotopic (exact) mass is 694 g/mol. The van der Waals surface area contributed by atoms with Gasteiger partial charge in [-0.15, -0.1) is 0 Å². The molecule has 4 amide bonds. The van der Waals surface area contributed by atoms with E-state index in [9.17, 15) is 14.4 Å². The molecule has 4 aromatic rings. The van der Waals surface area contributed by atoms with Crippen molar-refractivity contribution in [3.63, 3.8) is 0 Å². The summed E-state index contributed by atoms with van der Waals surface area (Å²) in [5.41, 5.74) is 2.24. The fourth-order valence-electron chi connectivity index (χ4n) is 4.34. The molecule has 0 unspecified atom stereocenters. The molecule has 0 spiro atoms. The molecule has 4 aromatic carbocycles. The second kappa shape index (κ2) is 14.0. The van der Waals surface area contributed by atoms with Crippen LogP contribution in [0.3, 0.4) is 0 Å². The van der Waals surface area contributed by atoms with Crippen molar-refractivity contribution in [1.29, 1.82) is 0 Å². The van der Waals surface area contributed by atoms with Crippen LogP contribution in [-0.2, 0) is 22.8 Å². The van der Waals surface area contributed by atoms with Crippen molar-refractivity contribution in [2.75, 3.05) is 11.5 Å². The highest BCUT2D eigenvalue weighted by Gasteiger charge is 2.37. The number of anilines is 1. The summed E-state index contributed by atoms with van der Waals surface area (Å²) >= 11 is 15.7. The predicted octanol–water partition coefficient (Wildman–Crippen LogP) is 7.98. The average molecular weight is 696 g/mol. The number of barbiturate groups is 1. The predicted molar refractivity (Wildman–Crippen MR) is 172 cm³/mol. The summed E-state index contributed by atoms with van der Waals surface area (Å²) in [7, 11) is 0. The van der Waals surface area contributed by atoms with Crippen LogP contribution in [0.4, 0.5) is 10.5 Å². The molecule has 1 heterocycles. The van der Waals surface area contributed by atoms with Crippen molar-refractivity contribution >= 4 is 68.7 Å². The molecule has 1 aliphatic rings. The van der Waals surface area contributed by atoms with Gasteiger partial charge in [-0.3, -0.25) is 14.9 Å². The summed E-state index contributed by atoms with van der Waals surface area (Å²) in [5, 5.41) is 3.45. The third-order valence-electron chi connectivity index (χ3n) is 6.49. The smallest absolute Gasteiger partial charge is 0.335 e. The summed E-state index contributed by atoms with van der Waals surface area (Å²) in [6.07, 6.45) is 1.39. The fourth-order valence-corrected chi connectivity index (χ4v) is 5.23. The summed E-state index contributed by atoms with van der Waals surface area (Å²) in [6.45, 7) is 2.67. The summed E-state index contributed by atoms with van der Waals surface area (Å²) in [6, 6.07) is 23.5. The number of hydrogen-bond acceptors (Lipinski definition) is 6. The number of imide groups is 2. The molecular formula is C33H25BrCl2N2O6. The van der Waals surface area contributed by atoms with Gasteiger partial charge in [0, 0.05) is 15.6 Å². The van der Waals surface area contributed by atoms with E-state index in [1.54, 1.807) is 54.6 Å². The molecule has 8 nitrogen and oxygen atoms in total. The summed E-state index contributed by atoms with van der Waals surface area (Å²) in [4.78, 5) is 39.9. The van der Waals surface area contributed by atoms with Crippen molar-refractivity contribution in [2.24, 2.45) is 0 Å². The van der Waals surface area contributed by atoms with Gasteiger partial charge in [-0.25, -0.2) is 9.69 Å². The molecule has 11 heteroatoms. The van der Waals surface area contributed by atoms with Gasteiger partial charge >= 0.3 is 6.03 Å². The molecule has 1 aliphatic heterocycles. The Labute approximate surface area is 272 Å². The molecule has 0 radical (unpaired) electrons. The van der Waals surface area contributed by atoms with Gasteiger partial charge in [0.05, 0.1) is 16.8 Å². The van der Waals surface area contributed by atoms with Crippen molar-refractivity contribution in [1.82, 2.24) is 5.32 Å². The molecule has 224 valence electrons. The Balaban J connectivity index is 1.36. The molecule has 0 aromatic heterocycles. The lowest BCUT2D eigenvalue weighted by Gasteiger charge is -2.26. The van der Waals surface area contributed by atoms with E-state index in [1.165, 1.54) is 6.08 Å². The highest BCUT2D eigenvalue weighted by atomic mass is 79.9. The largest absolute Gasteiger partial charge is 0.490 e. The zero-order chi connectivity index (χ0) is 31.2. The molecule has 1 fully saturated rings. The Kier molecular flexibility index (Phi) is 9.89. The Morgan fingerprint density at radius 1 is 0.864 bits per heavy atom. The fraction of sp³-hybridized carbons (Fsp3) is 0.121. The molecule has 5 rings (SSSR count). The molecule has 0 saturated carbocycles. The minimum absolute atomic E-state index is 0.196. The summed E-state index contributed by atoms with van der Waals surface area (Å²) in [5.74, 6) is -0.227. The molecule has 44 heavy (non-hydrogen) atoms. The number of halogens is 3. The van der Waals surface area contributed by atoms with Gasteiger partial charge in [0.25, 0.3) is 11.8 Å². The first kappa shape index (κ1) is 31.1. The van der Waals surface area contributed by atoms with E-state index in [1.807, 2.05) is 37.3 Å². The third-order valence-corrected chi connectivity index (χ3v) is 7.70. The maximum atomic E-state index is 13.5. The van der Waals surface area contributed by atoms with E-state index >= 15 is 0 Å². The third kappa shape index (κ3) is 7.24. The van der Waals surface area contributed by atoms with Gasteiger partial charge in [-0.1, -0.05) is 53.5 Å². The van der Waals surface area contributed by atoms with Crippen molar-refractivity contribution < 1.29 is 28.6 Å². The Morgan fingerprint density at radius 3 is 2.30 bits per heavy atom. The van der Waals surface area contributed by atoms with Crippen molar-refractivity contribution in [3.05, 3.63) is 122 Å². The van der Waals surface area contributed by atoms with Crippen molar-refractivity contribution in [2.45, 2.75) is 20.1 Å². The number of benzene rings is 4. The van der Waals surface area contributed by atoms with E-state index in [0.29, 0.717) is 50.5 Å². The van der Waals surface area contributed by atoms with Gasteiger partial charge < -0.3 is 14.2 Å². The van der Waals surface area contributed by atoms with Gasteiger partial charge in [0.2, 0.25) is 0 Å². The van der Waals surface area contributed by atoms with E-state index in [-0.39, 0.29) is 17.9 Å². The number of urea groups is 1. The molecule has 0 bridgehead atoms. The van der Waals surface area contributed by atoms with Crippen LogP contribution in [0.1, 0.15) is 23.6 Å². The lowest BCUT2D eigenvalue weighted by Crippen LogP contribution is -2.54. The van der Waals surface area contributed by atoms with Crippen LogP contribution in [0, 0.1) is 0 Å². The lowest BCUT2D eigenvalue weighted by molar-refractivity contribution is -0.122. The van der Waals surface area contributed by atoms with E-state index < -0.39 is 17.8 Å². The zero-order valence-corrected chi connectivity index (χ0v) is 26.4. The van der Waals surface area contributed by atoms with Crippen LogP contribution < -0.4 is 24.4 Å². The zero-order valence-electron chi connectivity index (χ0n) is 23.3. The molecule has 0 atom stereocenters. The van der Waals surface area contributed by atoms with Crippen molar-refractivity contribution in [3.8, 4) is 17.2 Å². The van der Waals surface area contributed by atoms with Crippen LogP contribution in [0.25, 0.3) is 6.08 Å². The molecule has 1 saturated heterocycles. The number of nitrogens with zero attached hydrogens (tertiary/aromatic N) is 1. The number of nitrogens with one attached hydrogen (secondary N) is 1. The normalized spacial score (nSPS) is 14.0. The first-order chi connectivity index (χ1) is 21.2. The Hall–Kier alpha value is -4.31. The SMILES string of the molecule is CCOc1cc(/C=C2\C(=O)NC(=O)N(c3ccc(OCc4ccc(Cl)cc4)cc3)C2=O)cc(Br)c1OCc1ccccc1Cl. The Bertz CT molecular complexity index is 1740. The Morgan fingerprint density at radius 2 is 1.59 bits per heavy atom. The minimum Gasteiger partial charge on any atom is -0.490 e. The molecule has 1 N–H and O–H groups in total. The van der Waals surface area contributed by atoms with Crippen LogP contribution in [0.5, 0.6) is 17.2 Å². The number of amides is 4. The first-order valence-electron chi connectivity index (χ1n) is 13.4. The highest BCUT2D eigenvalue weighted by Crippen LogP contribution is 2.39. The highest BCUT2D eigenvalue weighted by molar-refractivity contribution is 9.10. The standard InChI is InChI=1S/C33H25BrCl2N2O6/c1-2-42-29-17-21(16-27(34)30(29)44-19-22-5-3-4-6-28(22)36)15-26-31(39)37-33(41)38(32(26)40)24-11-13-25(14-12-24)43-18-20-7-9-23(35)10-8-20/h3-17H,2,18-19H2,1H3,(H,37,39,41)/b26-15+. The number of ether oxygens (including phenoxy) is 3. The lowest BCUT2D eigenvalue weighted by atomic mass is 10.1. The quantitative estimate of drug-likeness (QED) is 0.134. The maximum absolute atomic E-state index is 13.5. The molecular weight excluding hydrogens is 671 g/mol. The average Bonchev–Trinajstić information content (AvgIpc) is 3.00. The van der Waals surface area contributed by atoms with Crippen LogP contribution in [-0.4, -0.2) is 24.5 Å². The number of carbonyl (C=O) groups excluding carboxylic acids is 3. The number of carbonyl (C=O) groups is 3. The maximum Gasteiger partial charge on any atom is 0.335 e. The van der Waals surface area contributed by atoms with Gasteiger partial charge in [-0.2, -0.15) is 0 Å². The van der Waals surface area contributed by atoms with Crippen LogP contribution in [0.15, 0.2) is 95.0 Å². The molecule has 0 aliphatic carbocycles. The van der Waals surface area contributed by atoms with E-state index in [0.717, 1.165) is 16.0 Å². The van der Waals surface area contributed by atoms with Gasteiger partial charge in [-0.05, 0) is 94.7 Å².